The second-order valence-corrected chi connectivity index (χ2v) is 4.13. The Hall–Kier alpha value is -2.08. The Morgan fingerprint density at radius 3 is 2.69 bits per heavy atom. The quantitative estimate of drug-likeness (QED) is 0.789. The molecule has 1 N–H and O–H groups in total. The molecule has 0 fully saturated rings. The van der Waals surface area contributed by atoms with Gasteiger partial charge in [0.1, 0.15) is 11.6 Å². The van der Waals surface area contributed by atoms with E-state index in [0.29, 0.717) is 5.92 Å². The molecule has 2 aromatic rings. The third-order valence-electron chi connectivity index (χ3n) is 2.66. The molecule has 0 saturated heterocycles. The van der Waals surface area contributed by atoms with Gasteiger partial charge in [0, 0.05) is 5.52 Å². The predicted octanol–water partition coefficient (Wildman–Crippen LogP) is 2.52. The molecule has 0 spiro atoms. The number of nitrogens with one attached hydrogen (secondary N) is 1. The van der Waals surface area contributed by atoms with E-state index < -0.39 is 0 Å². The molecule has 3 nitrogen and oxygen atoms in total. The monoisotopic (exact) mass is 212 g/mol. The maximum atomic E-state index is 11.4. The molecule has 0 amide bonds. The number of aromatic amines is 1. The Balaban J connectivity index is 2.74. The molecule has 1 aromatic heterocycles. The van der Waals surface area contributed by atoms with E-state index in [-0.39, 0.29) is 11.1 Å². The normalized spacial score (nSPS) is 10.6. The van der Waals surface area contributed by atoms with Gasteiger partial charge in [-0.05, 0) is 35.1 Å². The van der Waals surface area contributed by atoms with Gasteiger partial charge in [0.2, 0.25) is 0 Å². The summed E-state index contributed by atoms with van der Waals surface area (Å²) < 4.78 is 0. The molecule has 0 aliphatic carbocycles. The lowest BCUT2D eigenvalue weighted by Crippen LogP contribution is -2.09. The molecule has 16 heavy (non-hydrogen) atoms. The molecule has 3 heteroatoms. The fourth-order valence-corrected chi connectivity index (χ4v) is 1.67. The largest absolute Gasteiger partial charge is 0.321 e. The summed E-state index contributed by atoms with van der Waals surface area (Å²) >= 11 is 0. The van der Waals surface area contributed by atoms with E-state index in [4.69, 9.17) is 5.26 Å². The van der Waals surface area contributed by atoms with Crippen LogP contribution < -0.4 is 5.56 Å². The Morgan fingerprint density at radius 1 is 1.31 bits per heavy atom. The van der Waals surface area contributed by atoms with Crippen molar-refractivity contribution in [3.63, 3.8) is 0 Å². The highest BCUT2D eigenvalue weighted by atomic mass is 16.1. The summed E-state index contributed by atoms with van der Waals surface area (Å²) in [5, 5.41) is 9.69. The highest BCUT2D eigenvalue weighted by Crippen LogP contribution is 2.19. The number of nitrogens with zero attached hydrogens (tertiary/aromatic N) is 1. The van der Waals surface area contributed by atoms with Gasteiger partial charge in [0.05, 0.1) is 0 Å². The van der Waals surface area contributed by atoms with Crippen molar-refractivity contribution in [3.8, 4) is 6.07 Å². The van der Waals surface area contributed by atoms with Gasteiger partial charge in [-0.3, -0.25) is 4.79 Å². The molecule has 0 atom stereocenters. The average Bonchev–Trinajstić information content (AvgIpc) is 2.27. The van der Waals surface area contributed by atoms with E-state index in [1.165, 1.54) is 5.56 Å². The van der Waals surface area contributed by atoms with Crippen molar-refractivity contribution in [2.45, 2.75) is 19.8 Å². The van der Waals surface area contributed by atoms with Gasteiger partial charge >= 0.3 is 0 Å². The van der Waals surface area contributed by atoms with Crippen LogP contribution in [0.15, 0.2) is 29.1 Å². The van der Waals surface area contributed by atoms with Gasteiger partial charge in [-0.15, -0.1) is 0 Å². The first-order valence-electron chi connectivity index (χ1n) is 5.19. The smallest absolute Gasteiger partial charge is 0.266 e. The van der Waals surface area contributed by atoms with Crippen molar-refractivity contribution in [2.24, 2.45) is 0 Å². The molecule has 0 saturated carbocycles. The number of nitriles is 1. The number of pyridine rings is 1. The summed E-state index contributed by atoms with van der Waals surface area (Å²) in [6.07, 6.45) is 0. The molecule has 2 rings (SSSR count). The first-order chi connectivity index (χ1) is 7.61. The van der Waals surface area contributed by atoms with Crippen LogP contribution in [0.4, 0.5) is 0 Å². The molecular weight excluding hydrogens is 200 g/mol. The van der Waals surface area contributed by atoms with Gasteiger partial charge in [0.15, 0.2) is 0 Å². The van der Waals surface area contributed by atoms with E-state index in [2.05, 4.69) is 18.8 Å². The third-order valence-corrected chi connectivity index (χ3v) is 2.66. The Kier molecular flexibility index (Phi) is 2.49. The zero-order chi connectivity index (χ0) is 11.7. The molecule has 0 unspecified atom stereocenters. The minimum atomic E-state index is -0.327. The van der Waals surface area contributed by atoms with E-state index in [0.717, 1.165) is 10.9 Å². The van der Waals surface area contributed by atoms with Gasteiger partial charge in [-0.1, -0.05) is 19.9 Å². The van der Waals surface area contributed by atoms with Crippen LogP contribution in [0.1, 0.15) is 30.9 Å². The van der Waals surface area contributed by atoms with E-state index in [9.17, 15) is 4.79 Å². The first kappa shape index (κ1) is 10.4. The Bertz CT molecular complexity index is 632. The minimum Gasteiger partial charge on any atom is -0.321 e. The van der Waals surface area contributed by atoms with Crippen molar-refractivity contribution < 1.29 is 0 Å². The molecule has 1 heterocycles. The maximum absolute atomic E-state index is 11.4. The summed E-state index contributed by atoms with van der Waals surface area (Å²) in [7, 11) is 0. The van der Waals surface area contributed by atoms with E-state index >= 15 is 0 Å². The summed E-state index contributed by atoms with van der Waals surface area (Å²) in [6, 6.07) is 9.42. The second kappa shape index (κ2) is 3.82. The number of benzene rings is 1. The Morgan fingerprint density at radius 2 is 2.06 bits per heavy atom. The fraction of sp³-hybridized carbons (Fsp3) is 0.231. The first-order valence-corrected chi connectivity index (χ1v) is 5.19. The highest BCUT2D eigenvalue weighted by molar-refractivity contribution is 5.80. The lowest BCUT2D eigenvalue weighted by atomic mass is 10.0. The van der Waals surface area contributed by atoms with Gasteiger partial charge < -0.3 is 4.98 Å². The fourth-order valence-electron chi connectivity index (χ4n) is 1.67. The maximum Gasteiger partial charge on any atom is 0.266 e. The summed E-state index contributed by atoms with van der Waals surface area (Å²) in [5.41, 5.74) is 1.80. The third kappa shape index (κ3) is 1.70. The average molecular weight is 212 g/mol. The molecule has 80 valence electrons. The lowest BCUT2D eigenvalue weighted by molar-refractivity contribution is 0.868. The summed E-state index contributed by atoms with van der Waals surface area (Å²) in [4.78, 5) is 14.1. The molecule has 0 radical (unpaired) electrons. The minimum absolute atomic E-state index is 0.161. The number of aromatic nitrogens is 1. The molecule has 0 aliphatic rings. The molecule has 0 bridgehead atoms. The van der Waals surface area contributed by atoms with Crippen LogP contribution in [0.5, 0.6) is 0 Å². The van der Waals surface area contributed by atoms with Crippen molar-refractivity contribution in [3.05, 3.63) is 45.7 Å². The van der Waals surface area contributed by atoms with Crippen LogP contribution in [0.25, 0.3) is 10.9 Å². The van der Waals surface area contributed by atoms with Crippen LogP contribution in [0, 0.1) is 11.3 Å². The Labute approximate surface area is 93.3 Å². The number of fused-ring (bicyclic) bond motifs is 1. The van der Waals surface area contributed by atoms with Crippen LogP contribution >= 0.6 is 0 Å². The SMILES string of the molecule is CC(C)c1ccc2[nH]c(=O)c(C#N)cc2c1. The zero-order valence-corrected chi connectivity index (χ0v) is 9.24. The lowest BCUT2D eigenvalue weighted by Gasteiger charge is -2.06. The number of rotatable bonds is 1. The number of hydrogen-bond donors (Lipinski definition) is 1. The van der Waals surface area contributed by atoms with Gasteiger partial charge in [-0.2, -0.15) is 5.26 Å². The van der Waals surface area contributed by atoms with Crippen molar-refractivity contribution >= 4 is 10.9 Å². The van der Waals surface area contributed by atoms with Crippen molar-refractivity contribution in [2.75, 3.05) is 0 Å². The zero-order valence-electron chi connectivity index (χ0n) is 9.24. The van der Waals surface area contributed by atoms with Crippen molar-refractivity contribution in [1.82, 2.24) is 4.98 Å². The standard InChI is InChI=1S/C13H12N2O/c1-8(2)9-3-4-12-10(5-9)6-11(7-14)13(16)15-12/h3-6,8H,1-2H3,(H,15,16). The highest BCUT2D eigenvalue weighted by Gasteiger charge is 2.04. The molecule has 1 aromatic carbocycles. The molecule has 0 aliphatic heterocycles. The second-order valence-electron chi connectivity index (χ2n) is 4.13. The number of H-pyrrole nitrogens is 1. The number of hydrogen-bond acceptors (Lipinski definition) is 2. The van der Waals surface area contributed by atoms with Gasteiger partial charge in [-0.25, -0.2) is 0 Å². The topological polar surface area (TPSA) is 56.6 Å². The predicted molar refractivity (Wildman–Crippen MR) is 63.4 cm³/mol. The van der Waals surface area contributed by atoms with Crippen molar-refractivity contribution in [1.29, 1.82) is 5.26 Å². The van der Waals surface area contributed by atoms with Crippen LogP contribution in [-0.4, -0.2) is 4.98 Å². The van der Waals surface area contributed by atoms with Crippen LogP contribution in [0.3, 0.4) is 0 Å². The summed E-state index contributed by atoms with van der Waals surface area (Å²) in [5.74, 6) is 0.432. The summed E-state index contributed by atoms with van der Waals surface area (Å²) in [6.45, 7) is 4.22. The molecular formula is C13H12N2O. The van der Waals surface area contributed by atoms with Gasteiger partial charge in [0.25, 0.3) is 5.56 Å². The van der Waals surface area contributed by atoms with Crippen LogP contribution in [-0.2, 0) is 0 Å². The van der Waals surface area contributed by atoms with E-state index in [1.54, 1.807) is 6.07 Å². The van der Waals surface area contributed by atoms with Crippen LogP contribution in [0.2, 0.25) is 0 Å². The van der Waals surface area contributed by atoms with E-state index in [1.807, 2.05) is 24.3 Å².